The van der Waals surface area contributed by atoms with Crippen molar-refractivity contribution in [2.75, 3.05) is 20.3 Å². The van der Waals surface area contributed by atoms with E-state index in [9.17, 15) is 0 Å². The highest BCUT2D eigenvalue weighted by Gasteiger charge is 2.15. The highest BCUT2D eigenvalue weighted by atomic mass is 16.5. The smallest absolute Gasteiger partial charge is 0.176 e. The molecular formula is C18H23N5O2. The molecule has 25 heavy (non-hydrogen) atoms. The Kier molecular flexibility index (Phi) is 5.45. The summed E-state index contributed by atoms with van der Waals surface area (Å²) in [6, 6.07) is 9.98. The van der Waals surface area contributed by atoms with Gasteiger partial charge in [-0.3, -0.25) is 4.68 Å². The van der Waals surface area contributed by atoms with Gasteiger partial charge < -0.3 is 9.47 Å². The van der Waals surface area contributed by atoms with E-state index in [0.29, 0.717) is 26.3 Å². The van der Waals surface area contributed by atoms with E-state index in [1.807, 2.05) is 53.5 Å². The van der Waals surface area contributed by atoms with Gasteiger partial charge in [-0.2, -0.15) is 10.2 Å². The fourth-order valence-electron chi connectivity index (χ4n) is 2.71. The Bertz CT molecular complexity index is 824. The SMILES string of the molecule is CCOCCn1nc(C)cc1-c1ncnn1Cc1cccc(OC)c1. The summed E-state index contributed by atoms with van der Waals surface area (Å²) >= 11 is 0. The van der Waals surface area contributed by atoms with Crippen LogP contribution >= 0.6 is 0 Å². The second-order valence-electron chi connectivity index (χ2n) is 5.68. The monoisotopic (exact) mass is 341 g/mol. The van der Waals surface area contributed by atoms with Crippen LogP contribution in [0, 0.1) is 6.92 Å². The predicted octanol–water partition coefficient (Wildman–Crippen LogP) is 2.54. The largest absolute Gasteiger partial charge is 0.497 e. The average Bonchev–Trinajstić information content (AvgIpc) is 3.21. The summed E-state index contributed by atoms with van der Waals surface area (Å²) in [6.45, 7) is 6.57. The first-order chi connectivity index (χ1) is 12.2. The van der Waals surface area contributed by atoms with Crippen LogP contribution in [-0.4, -0.2) is 44.9 Å². The Morgan fingerprint density at radius 2 is 2.04 bits per heavy atom. The van der Waals surface area contributed by atoms with Crippen LogP contribution in [0.4, 0.5) is 0 Å². The number of benzene rings is 1. The molecule has 0 atom stereocenters. The summed E-state index contributed by atoms with van der Waals surface area (Å²) in [6.07, 6.45) is 1.57. The zero-order valence-electron chi connectivity index (χ0n) is 14.8. The van der Waals surface area contributed by atoms with Crippen molar-refractivity contribution in [1.82, 2.24) is 24.5 Å². The normalized spacial score (nSPS) is 11.0. The summed E-state index contributed by atoms with van der Waals surface area (Å²) in [5.74, 6) is 1.62. The van der Waals surface area contributed by atoms with Crippen LogP contribution in [-0.2, 0) is 17.8 Å². The summed E-state index contributed by atoms with van der Waals surface area (Å²) in [5.41, 5.74) is 2.99. The van der Waals surface area contributed by atoms with Crippen molar-refractivity contribution in [3.8, 4) is 17.3 Å². The van der Waals surface area contributed by atoms with Crippen molar-refractivity contribution in [3.05, 3.63) is 47.9 Å². The third kappa shape index (κ3) is 4.06. The number of aromatic nitrogens is 5. The zero-order chi connectivity index (χ0) is 17.6. The Morgan fingerprint density at radius 1 is 1.16 bits per heavy atom. The van der Waals surface area contributed by atoms with E-state index in [-0.39, 0.29) is 0 Å². The molecule has 0 unspecified atom stereocenters. The highest BCUT2D eigenvalue weighted by molar-refractivity contribution is 5.50. The van der Waals surface area contributed by atoms with E-state index in [1.165, 1.54) is 0 Å². The number of rotatable bonds is 8. The lowest BCUT2D eigenvalue weighted by atomic mass is 10.2. The van der Waals surface area contributed by atoms with Crippen LogP contribution in [0.5, 0.6) is 5.75 Å². The van der Waals surface area contributed by atoms with E-state index in [4.69, 9.17) is 9.47 Å². The fourth-order valence-corrected chi connectivity index (χ4v) is 2.71. The van der Waals surface area contributed by atoms with Crippen molar-refractivity contribution in [1.29, 1.82) is 0 Å². The predicted molar refractivity (Wildman–Crippen MR) is 94.6 cm³/mol. The molecule has 0 radical (unpaired) electrons. The molecule has 0 saturated heterocycles. The highest BCUT2D eigenvalue weighted by Crippen LogP contribution is 2.20. The van der Waals surface area contributed by atoms with Gasteiger partial charge in [0.05, 0.1) is 32.5 Å². The molecule has 7 heteroatoms. The molecule has 0 aliphatic heterocycles. The van der Waals surface area contributed by atoms with E-state index < -0.39 is 0 Å². The lowest BCUT2D eigenvalue weighted by Gasteiger charge is -2.10. The van der Waals surface area contributed by atoms with Crippen LogP contribution in [0.15, 0.2) is 36.7 Å². The molecule has 2 heterocycles. The number of nitrogens with zero attached hydrogens (tertiary/aromatic N) is 5. The molecule has 0 amide bonds. The first-order valence-corrected chi connectivity index (χ1v) is 8.34. The maximum atomic E-state index is 5.45. The molecule has 0 spiro atoms. The Labute approximate surface area is 147 Å². The van der Waals surface area contributed by atoms with Gasteiger partial charge in [0.15, 0.2) is 5.82 Å². The minimum Gasteiger partial charge on any atom is -0.497 e. The topological polar surface area (TPSA) is 67.0 Å². The van der Waals surface area contributed by atoms with Crippen molar-refractivity contribution >= 4 is 0 Å². The van der Waals surface area contributed by atoms with E-state index >= 15 is 0 Å². The van der Waals surface area contributed by atoms with Crippen LogP contribution in [0.1, 0.15) is 18.2 Å². The summed E-state index contributed by atoms with van der Waals surface area (Å²) in [5, 5.41) is 8.93. The molecule has 0 saturated carbocycles. The van der Waals surface area contributed by atoms with Crippen molar-refractivity contribution in [3.63, 3.8) is 0 Å². The summed E-state index contributed by atoms with van der Waals surface area (Å²) in [7, 11) is 1.67. The van der Waals surface area contributed by atoms with Crippen molar-refractivity contribution in [2.45, 2.75) is 26.9 Å². The quantitative estimate of drug-likeness (QED) is 0.589. The first-order valence-electron chi connectivity index (χ1n) is 8.34. The number of ether oxygens (including phenoxy) is 2. The van der Waals surface area contributed by atoms with Crippen molar-refractivity contribution in [2.24, 2.45) is 0 Å². The first kappa shape index (κ1) is 17.2. The number of hydrogen-bond donors (Lipinski definition) is 0. The third-order valence-corrected chi connectivity index (χ3v) is 3.86. The molecular weight excluding hydrogens is 318 g/mol. The third-order valence-electron chi connectivity index (χ3n) is 3.86. The van der Waals surface area contributed by atoms with Crippen LogP contribution in [0.2, 0.25) is 0 Å². The van der Waals surface area contributed by atoms with Gasteiger partial charge in [-0.1, -0.05) is 12.1 Å². The molecule has 0 aliphatic carbocycles. The summed E-state index contributed by atoms with van der Waals surface area (Å²) in [4.78, 5) is 4.45. The molecule has 7 nitrogen and oxygen atoms in total. The minimum atomic E-state index is 0.613. The van der Waals surface area contributed by atoms with Gasteiger partial charge in [0.1, 0.15) is 17.8 Å². The van der Waals surface area contributed by atoms with Crippen LogP contribution in [0.25, 0.3) is 11.5 Å². The lowest BCUT2D eigenvalue weighted by molar-refractivity contribution is 0.136. The molecule has 0 aliphatic rings. The lowest BCUT2D eigenvalue weighted by Crippen LogP contribution is -2.12. The van der Waals surface area contributed by atoms with Gasteiger partial charge in [-0.25, -0.2) is 9.67 Å². The molecule has 0 fully saturated rings. The van der Waals surface area contributed by atoms with E-state index in [2.05, 4.69) is 15.2 Å². The molecule has 0 bridgehead atoms. The molecule has 0 N–H and O–H groups in total. The Morgan fingerprint density at radius 3 is 2.84 bits per heavy atom. The van der Waals surface area contributed by atoms with E-state index in [0.717, 1.165) is 28.5 Å². The van der Waals surface area contributed by atoms with Gasteiger partial charge in [-0.05, 0) is 37.6 Å². The average molecular weight is 341 g/mol. The second kappa shape index (κ2) is 7.94. The van der Waals surface area contributed by atoms with Crippen LogP contribution in [0.3, 0.4) is 0 Å². The van der Waals surface area contributed by atoms with Crippen LogP contribution < -0.4 is 4.74 Å². The number of methoxy groups -OCH3 is 1. The van der Waals surface area contributed by atoms with Gasteiger partial charge >= 0.3 is 0 Å². The number of aryl methyl sites for hydroxylation is 1. The van der Waals surface area contributed by atoms with Gasteiger partial charge in [0, 0.05) is 6.61 Å². The van der Waals surface area contributed by atoms with E-state index in [1.54, 1.807) is 13.4 Å². The molecule has 2 aromatic heterocycles. The summed E-state index contributed by atoms with van der Waals surface area (Å²) < 4.78 is 14.6. The number of hydrogen-bond acceptors (Lipinski definition) is 5. The van der Waals surface area contributed by atoms with Gasteiger partial charge in [-0.15, -0.1) is 0 Å². The second-order valence-corrected chi connectivity index (χ2v) is 5.68. The maximum Gasteiger partial charge on any atom is 0.176 e. The Balaban J connectivity index is 1.86. The van der Waals surface area contributed by atoms with Gasteiger partial charge in [0.2, 0.25) is 0 Å². The Hall–Kier alpha value is -2.67. The zero-order valence-corrected chi connectivity index (χ0v) is 14.8. The van der Waals surface area contributed by atoms with Gasteiger partial charge in [0.25, 0.3) is 0 Å². The van der Waals surface area contributed by atoms with Crippen molar-refractivity contribution < 1.29 is 9.47 Å². The molecule has 3 aromatic rings. The minimum absolute atomic E-state index is 0.613. The molecule has 132 valence electrons. The molecule has 1 aromatic carbocycles. The standard InChI is InChI=1S/C18H23N5O2/c1-4-25-9-8-22-17(10-14(2)21-22)18-19-13-20-23(18)12-15-6-5-7-16(11-15)24-3/h5-7,10-11,13H,4,8-9,12H2,1-3H3. The molecule has 3 rings (SSSR count). The maximum absolute atomic E-state index is 5.45. The fraction of sp³-hybridized carbons (Fsp3) is 0.389.